The van der Waals surface area contributed by atoms with Crippen molar-refractivity contribution >= 4 is 34.5 Å². The van der Waals surface area contributed by atoms with Crippen LogP contribution in [0.1, 0.15) is 30.1 Å². The minimum absolute atomic E-state index is 0.0550. The molecule has 0 aromatic heterocycles. The highest BCUT2D eigenvalue weighted by molar-refractivity contribution is 14.1. The first-order chi connectivity index (χ1) is 9.00. The number of aliphatic carboxylic acids is 1. The Morgan fingerprint density at radius 1 is 1.42 bits per heavy atom. The summed E-state index contributed by atoms with van der Waals surface area (Å²) in [7, 11) is 0. The van der Waals surface area contributed by atoms with E-state index >= 15 is 0 Å². The Balaban J connectivity index is 2.18. The van der Waals surface area contributed by atoms with Crippen molar-refractivity contribution in [2.45, 2.75) is 25.8 Å². The summed E-state index contributed by atoms with van der Waals surface area (Å²) in [6.07, 6.45) is 1.95. The van der Waals surface area contributed by atoms with E-state index in [4.69, 9.17) is 5.11 Å². The van der Waals surface area contributed by atoms with Gasteiger partial charge in [0.25, 0.3) is 5.91 Å². The van der Waals surface area contributed by atoms with Gasteiger partial charge in [-0.15, -0.1) is 0 Å². The normalized spacial score (nSPS) is 15.9. The zero-order chi connectivity index (χ0) is 14.0. The standard InChI is InChI=1S/C14H16INO3/c1-9(14(18)19)8-16(10-6-7-10)13(17)11-4-2-3-5-12(11)15/h2-5,9-10H,6-8H2,1H3,(H,18,19). The van der Waals surface area contributed by atoms with E-state index in [-0.39, 0.29) is 18.5 Å². The highest BCUT2D eigenvalue weighted by Crippen LogP contribution is 2.29. The molecule has 5 heteroatoms. The fraction of sp³-hybridized carbons (Fsp3) is 0.429. The monoisotopic (exact) mass is 373 g/mol. The van der Waals surface area contributed by atoms with Crippen molar-refractivity contribution in [3.8, 4) is 0 Å². The summed E-state index contributed by atoms with van der Waals surface area (Å²) in [4.78, 5) is 25.2. The Kier molecular flexibility index (Phi) is 4.44. The number of halogens is 1. The first kappa shape index (κ1) is 14.3. The number of nitrogens with zero attached hydrogens (tertiary/aromatic N) is 1. The van der Waals surface area contributed by atoms with E-state index in [9.17, 15) is 9.59 Å². The zero-order valence-corrected chi connectivity index (χ0v) is 12.8. The number of carboxylic acids is 1. The van der Waals surface area contributed by atoms with Gasteiger partial charge < -0.3 is 10.0 Å². The summed E-state index contributed by atoms with van der Waals surface area (Å²) < 4.78 is 0.902. The fourth-order valence-corrected chi connectivity index (χ4v) is 2.56. The molecule has 2 rings (SSSR count). The van der Waals surface area contributed by atoms with Crippen LogP contribution in [0, 0.1) is 9.49 Å². The first-order valence-corrected chi connectivity index (χ1v) is 7.37. The topological polar surface area (TPSA) is 57.6 Å². The molecule has 0 radical (unpaired) electrons. The van der Waals surface area contributed by atoms with Crippen LogP contribution in [0.4, 0.5) is 0 Å². The molecule has 1 saturated carbocycles. The number of benzene rings is 1. The third-order valence-corrected chi connectivity index (χ3v) is 4.19. The van der Waals surface area contributed by atoms with Crippen molar-refractivity contribution in [2.24, 2.45) is 5.92 Å². The molecular formula is C14H16INO3. The minimum Gasteiger partial charge on any atom is -0.481 e. The van der Waals surface area contributed by atoms with Gasteiger partial charge in [-0.1, -0.05) is 19.1 Å². The summed E-state index contributed by atoms with van der Waals surface area (Å²) in [6, 6.07) is 7.62. The van der Waals surface area contributed by atoms with Crippen molar-refractivity contribution in [1.82, 2.24) is 4.90 Å². The van der Waals surface area contributed by atoms with Gasteiger partial charge in [-0.2, -0.15) is 0 Å². The number of carboxylic acid groups (broad SMARTS) is 1. The lowest BCUT2D eigenvalue weighted by molar-refractivity contribution is -0.141. The van der Waals surface area contributed by atoms with E-state index in [2.05, 4.69) is 22.6 Å². The molecule has 4 nitrogen and oxygen atoms in total. The fourth-order valence-electron chi connectivity index (χ4n) is 1.95. The Morgan fingerprint density at radius 2 is 2.05 bits per heavy atom. The maximum absolute atomic E-state index is 12.5. The van der Waals surface area contributed by atoms with Gasteiger partial charge in [0.15, 0.2) is 0 Å². The van der Waals surface area contributed by atoms with Gasteiger partial charge in [0.1, 0.15) is 0 Å². The van der Waals surface area contributed by atoms with Crippen molar-refractivity contribution in [1.29, 1.82) is 0 Å². The average Bonchev–Trinajstić information content (AvgIpc) is 3.19. The van der Waals surface area contributed by atoms with Crippen LogP contribution in [0.3, 0.4) is 0 Å². The van der Waals surface area contributed by atoms with E-state index in [0.717, 1.165) is 16.4 Å². The van der Waals surface area contributed by atoms with E-state index in [1.807, 2.05) is 18.2 Å². The maximum atomic E-state index is 12.5. The molecule has 102 valence electrons. The van der Waals surface area contributed by atoms with Crippen LogP contribution >= 0.6 is 22.6 Å². The highest BCUT2D eigenvalue weighted by atomic mass is 127. The van der Waals surface area contributed by atoms with Gasteiger partial charge in [-0.3, -0.25) is 9.59 Å². The molecule has 0 spiro atoms. The number of rotatable bonds is 5. The van der Waals surface area contributed by atoms with Crippen LogP contribution in [0.2, 0.25) is 0 Å². The Labute approximate surface area is 125 Å². The minimum atomic E-state index is -0.860. The molecule has 0 aliphatic heterocycles. The van der Waals surface area contributed by atoms with Gasteiger partial charge in [-0.25, -0.2) is 0 Å². The molecule has 1 unspecified atom stereocenters. The Bertz CT molecular complexity index is 499. The van der Waals surface area contributed by atoms with Crippen LogP contribution in [-0.4, -0.2) is 34.5 Å². The van der Waals surface area contributed by atoms with E-state index in [0.29, 0.717) is 5.56 Å². The van der Waals surface area contributed by atoms with Crippen molar-refractivity contribution < 1.29 is 14.7 Å². The third-order valence-electron chi connectivity index (χ3n) is 3.24. The third kappa shape index (κ3) is 3.46. The van der Waals surface area contributed by atoms with Crippen molar-refractivity contribution in [3.05, 3.63) is 33.4 Å². The van der Waals surface area contributed by atoms with Crippen molar-refractivity contribution in [2.75, 3.05) is 6.54 Å². The number of carbonyl (C=O) groups excluding carboxylic acids is 1. The summed E-state index contributed by atoms with van der Waals surface area (Å²) >= 11 is 2.14. The largest absolute Gasteiger partial charge is 0.481 e. The number of amides is 1. The molecule has 1 N–H and O–H groups in total. The molecule has 1 amide bonds. The van der Waals surface area contributed by atoms with Crippen molar-refractivity contribution in [3.63, 3.8) is 0 Å². The molecular weight excluding hydrogens is 357 g/mol. The van der Waals surface area contributed by atoms with Crippen LogP contribution < -0.4 is 0 Å². The number of hydrogen-bond acceptors (Lipinski definition) is 2. The molecule has 1 atom stereocenters. The summed E-state index contributed by atoms with van der Waals surface area (Å²) in [6.45, 7) is 1.92. The van der Waals surface area contributed by atoms with E-state index in [1.165, 1.54) is 0 Å². The SMILES string of the molecule is CC(CN(C(=O)c1ccccc1I)C1CC1)C(=O)O. The quantitative estimate of drug-likeness (QED) is 0.808. The van der Waals surface area contributed by atoms with E-state index in [1.54, 1.807) is 17.9 Å². The average molecular weight is 373 g/mol. The van der Waals surface area contributed by atoms with Gasteiger partial charge in [0.05, 0.1) is 11.5 Å². The predicted octanol–water partition coefficient (Wildman–Crippen LogP) is 2.62. The van der Waals surface area contributed by atoms with Gasteiger partial charge in [0, 0.05) is 16.2 Å². The lowest BCUT2D eigenvalue weighted by Gasteiger charge is -2.24. The van der Waals surface area contributed by atoms with Crippen LogP contribution in [0.15, 0.2) is 24.3 Å². The second-order valence-corrected chi connectivity index (χ2v) is 6.07. The smallest absolute Gasteiger partial charge is 0.308 e. The molecule has 1 fully saturated rings. The zero-order valence-electron chi connectivity index (χ0n) is 10.7. The summed E-state index contributed by atoms with van der Waals surface area (Å²) in [5.41, 5.74) is 0.660. The molecule has 0 bridgehead atoms. The first-order valence-electron chi connectivity index (χ1n) is 6.29. The molecule has 0 heterocycles. The van der Waals surface area contributed by atoms with Crippen LogP contribution in [0.5, 0.6) is 0 Å². The lowest BCUT2D eigenvalue weighted by atomic mass is 10.1. The summed E-state index contributed by atoms with van der Waals surface area (Å²) in [5, 5.41) is 9.00. The molecule has 0 saturated heterocycles. The number of carbonyl (C=O) groups is 2. The van der Waals surface area contributed by atoms with Gasteiger partial charge >= 0.3 is 5.97 Å². The molecule has 1 aromatic carbocycles. The second kappa shape index (κ2) is 5.90. The predicted molar refractivity (Wildman–Crippen MR) is 80.0 cm³/mol. The second-order valence-electron chi connectivity index (χ2n) is 4.91. The molecule has 19 heavy (non-hydrogen) atoms. The summed E-state index contributed by atoms with van der Waals surface area (Å²) in [5.74, 6) is -1.45. The van der Waals surface area contributed by atoms with Crippen LogP contribution in [0.25, 0.3) is 0 Å². The molecule has 1 aliphatic carbocycles. The molecule has 1 aliphatic rings. The Hall–Kier alpha value is -1.11. The van der Waals surface area contributed by atoms with Crippen LogP contribution in [-0.2, 0) is 4.79 Å². The number of hydrogen-bond donors (Lipinski definition) is 1. The van der Waals surface area contributed by atoms with E-state index < -0.39 is 11.9 Å². The maximum Gasteiger partial charge on any atom is 0.308 e. The lowest BCUT2D eigenvalue weighted by Crippen LogP contribution is -2.38. The Morgan fingerprint density at radius 3 is 2.58 bits per heavy atom. The molecule has 1 aromatic rings. The highest BCUT2D eigenvalue weighted by Gasteiger charge is 2.35. The van der Waals surface area contributed by atoms with Gasteiger partial charge in [0.2, 0.25) is 0 Å². The van der Waals surface area contributed by atoms with Gasteiger partial charge in [-0.05, 0) is 47.6 Å².